The third kappa shape index (κ3) is 3.23. The van der Waals surface area contributed by atoms with Crippen LogP contribution in [0, 0.1) is 5.92 Å². The highest BCUT2D eigenvalue weighted by Crippen LogP contribution is 2.23. The summed E-state index contributed by atoms with van der Waals surface area (Å²) in [6.45, 7) is 6.91. The third-order valence-electron chi connectivity index (χ3n) is 3.97. The van der Waals surface area contributed by atoms with Crippen molar-refractivity contribution in [3.8, 4) is 0 Å². The minimum atomic E-state index is -3.16. The van der Waals surface area contributed by atoms with Gasteiger partial charge in [0.2, 0.25) is 0 Å². The maximum absolute atomic E-state index is 12.3. The molecule has 2 aliphatic heterocycles. The molecule has 18 heavy (non-hydrogen) atoms. The van der Waals surface area contributed by atoms with Crippen molar-refractivity contribution in [3.63, 3.8) is 0 Å². The molecule has 2 rings (SSSR count). The summed E-state index contributed by atoms with van der Waals surface area (Å²) in [5.41, 5.74) is 0. The van der Waals surface area contributed by atoms with E-state index >= 15 is 0 Å². The van der Waals surface area contributed by atoms with E-state index in [1.807, 2.05) is 0 Å². The Balaban J connectivity index is 1.85. The second-order valence-electron chi connectivity index (χ2n) is 5.26. The molecule has 0 aromatic heterocycles. The van der Waals surface area contributed by atoms with Crippen LogP contribution in [0.2, 0.25) is 0 Å². The number of hydrogen-bond acceptors (Lipinski definition) is 3. The Bertz CT molecular complexity index is 344. The van der Waals surface area contributed by atoms with E-state index < -0.39 is 10.2 Å². The van der Waals surface area contributed by atoms with Gasteiger partial charge in [-0.1, -0.05) is 6.92 Å². The molecule has 106 valence electrons. The summed E-state index contributed by atoms with van der Waals surface area (Å²) in [7, 11) is -3.16. The first-order valence-electron chi connectivity index (χ1n) is 7.10. The molecule has 0 aliphatic carbocycles. The van der Waals surface area contributed by atoms with E-state index in [1.165, 1.54) is 0 Å². The maximum Gasteiger partial charge on any atom is 0.281 e. The lowest BCUT2D eigenvalue weighted by Gasteiger charge is -2.33. The van der Waals surface area contributed by atoms with Gasteiger partial charge >= 0.3 is 0 Å². The van der Waals surface area contributed by atoms with E-state index in [0.717, 1.165) is 38.8 Å². The van der Waals surface area contributed by atoms with Crippen LogP contribution in [0.1, 0.15) is 32.6 Å². The summed E-state index contributed by atoms with van der Waals surface area (Å²) in [6, 6.07) is 0. The van der Waals surface area contributed by atoms with Crippen molar-refractivity contribution >= 4 is 10.2 Å². The highest BCUT2D eigenvalue weighted by atomic mass is 32.2. The van der Waals surface area contributed by atoms with Crippen molar-refractivity contribution in [2.75, 3.05) is 39.3 Å². The molecule has 0 radical (unpaired) electrons. The Labute approximate surface area is 111 Å². The summed E-state index contributed by atoms with van der Waals surface area (Å²) in [5, 5.41) is 3.35. The first kappa shape index (κ1) is 14.2. The minimum absolute atomic E-state index is 0.634. The van der Waals surface area contributed by atoms with Crippen molar-refractivity contribution in [1.29, 1.82) is 0 Å². The number of nitrogens with one attached hydrogen (secondary N) is 1. The molecule has 6 heteroatoms. The molecule has 0 spiro atoms. The Morgan fingerprint density at radius 3 is 2.17 bits per heavy atom. The Morgan fingerprint density at radius 1 is 1.06 bits per heavy atom. The van der Waals surface area contributed by atoms with Crippen LogP contribution in [0.15, 0.2) is 0 Å². The highest BCUT2D eigenvalue weighted by molar-refractivity contribution is 7.86. The molecule has 0 unspecified atom stereocenters. The van der Waals surface area contributed by atoms with Crippen LogP contribution in [-0.2, 0) is 10.2 Å². The number of piperidine rings is 1. The van der Waals surface area contributed by atoms with Gasteiger partial charge in [-0.25, -0.2) is 0 Å². The van der Waals surface area contributed by atoms with Crippen LogP contribution < -0.4 is 5.32 Å². The van der Waals surface area contributed by atoms with Crippen molar-refractivity contribution < 1.29 is 8.42 Å². The summed E-state index contributed by atoms with van der Waals surface area (Å²) >= 11 is 0. The zero-order chi connectivity index (χ0) is 13.0. The van der Waals surface area contributed by atoms with Gasteiger partial charge in [0.15, 0.2) is 0 Å². The molecule has 0 amide bonds. The zero-order valence-electron chi connectivity index (χ0n) is 11.3. The van der Waals surface area contributed by atoms with E-state index in [-0.39, 0.29) is 0 Å². The van der Waals surface area contributed by atoms with Crippen LogP contribution in [0.5, 0.6) is 0 Å². The Morgan fingerprint density at radius 2 is 1.61 bits per heavy atom. The van der Waals surface area contributed by atoms with Crippen molar-refractivity contribution in [2.24, 2.45) is 5.92 Å². The fourth-order valence-electron chi connectivity index (χ4n) is 2.77. The molecule has 2 aliphatic rings. The molecule has 0 atom stereocenters. The second-order valence-corrected chi connectivity index (χ2v) is 7.19. The smallest absolute Gasteiger partial charge is 0.281 e. The fourth-order valence-corrected chi connectivity index (χ4v) is 4.49. The molecule has 2 fully saturated rings. The van der Waals surface area contributed by atoms with Gasteiger partial charge in [0, 0.05) is 26.2 Å². The number of nitrogens with zero attached hydrogens (tertiary/aromatic N) is 2. The lowest BCUT2D eigenvalue weighted by molar-refractivity contribution is 0.254. The Kier molecular flexibility index (Phi) is 5.00. The molecule has 0 aromatic carbocycles. The van der Waals surface area contributed by atoms with E-state index in [4.69, 9.17) is 0 Å². The van der Waals surface area contributed by atoms with Gasteiger partial charge < -0.3 is 5.32 Å². The standard InChI is InChI=1S/C12H25N3O2S/c1-2-13-11-12-5-9-15(10-6-12)18(16,17)14-7-3-4-8-14/h12-13H,2-11H2,1H3. The van der Waals surface area contributed by atoms with E-state index in [9.17, 15) is 8.42 Å². The molecule has 0 saturated carbocycles. The summed E-state index contributed by atoms with van der Waals surface area (Å²) in [6.07, 6.45) is 3.99. The molecule has 0 aromatic rings. The fraction of sp³-hybridized carbons (Fsp3) is 1.00. The van der Waals surface area contributed by atoms with Gasteiger partial charge in [0.05, 0.1) is 0 Å². The predicted molar refractivity (Wildman–Crippen MR) is 72.6 cm³/mol. The van der Waals surface area contributed by atoms with Crippen molar-refractivity contribution in [3.05, 3.63) is 0 Å². The second kappa shape index (κ2) is 6.32. The lowest BCUT2D eigenvalue weighted by atomic mass is 9.98. The summed E-state index contributed by atoms with van der Waals surface area (Å²) in [4.78, 5) is 0. The molecule has 5 nitrogen and oxygen atoms in total. The molecule has 1 N–H and O–H groups in total. The SMILES string of the molecule is CCNCC1CCN(S(=O)(=O)N2CCCC2)CC1. The van der Waals surface area contributed by atoms with Gasteiger partial charge in [-0.2, -0.15) is 17.0 Å². The van der Waals surface area contributed by atoms with Crippen molar-refractivity contribution in [1.82, 2.24) is 13.9 Å². The van der Waals surface area contributed by atoms with Gasteiger partial charge in [0.1, 0.15) is 0 Å². The zero-order valence-corrected chi connectivity index (χ0v) is 12.1. The topological polar surface area (TPSA) is 52.7 Å². The van der Waals surface area contributed by atoms with Crippen LogP contribution in [0.3, 0.4) is 0 Å². The average molecular weight is 275 g/mol. The van der Waals surface area contributed by atoms with Gasteiger partial charge in [-0.3, -0.25) is 0 Å². The largest absolute Gasteiger partial charge is 0.317 e. The molecule has 2 heterocycles. The van der Waals surface area contributed by atoms with Gasteiger partial charge in [0.25, 0.3) is 10.2 Å². The first-order valence-corrected chi connectivity index (χ1v) is 8.50. The summed E-state index contributed by atoms with van der Waals surface area (Å²) < 4.78 is 28.0. The van der Waals surface area contributed by atoms with E-state index in [2.05, 4.69) is 12.2 Å². The quantitative estimate of drug-likeness (QED) is 0.801. The monoisotopic (exact) mass is 275 g/mol. The Hall–Kier alpha value is -0.170. The molecular formula is C12H25N3O2S. The number of hydrogen-bond donors (Lipinski definition) is 1. The summed E-state index contributed by atoms with van der Waals surface area (Å²) in [5.74, 6) is 0.634. The predicted octanol–water partition coefficient (Wildman–Crippen LogP) is 0.649. The molecule has 0 bridgehead atoms. The van der Waals surface area contributed by atoms with Crippen LogP contribution >= 0.6 is 0 Å². The first-order chi connectivity index (χ1) is 8.64. The number of rotatable bonds is 5. The van der Waals surface area contributed by atoms with Crippen LogP contribution in [0.25, 0.3) is 0 Å². The van der Waals surface area contributed by atoms with Gasteiger partial charge in [-0.15, -0.1) is 0 Å². The lowest BCUT2D eigenvalue weighted by Crippen LogP contribution is -2.47. The molecular weight excluding hydrogens is 250 g/mol. The minimum Gasteiger partial charge on any atom is -0.317 e. The van der Waals surface area contributed by atoms with Crippen LogP contribution in [0.4, 0.5) is 0 Å². The maximum atomic E-state index is 12.3. The normalized spacial score (nSPS) is 24.7. The highest BCUT2D eigenvalue weighted by Gasteiger charge is 2.33. The average Bonchev–Trinajstić information content (AvgIpc) is 2.91. The van der Waals surface area contributed by atoms with E-state index in [1.54, 1.807) is 8.61 Å². The van der Waals surface area contributed by atoms with Crippen LogP contribution in [-0.4, -0.2) is 56.3 Å². The molecule has 2 saturated heterocycles. The van der Waals surface area contributed by atoms with E-state index in [0.29, 0.717) is 32.1 Å². The van der Waals surface area contributed by atoms with Gasteiger partial charge in [-0.05, 0) is 44.7 Å². The van der Waals surface area contributed by atoms with Crippen molar-refractivity contribution in [2.45, 2.75) is 32.6 Å². The third-order valence-corrected chi connectivity index (χ3v) is 6.01.